The van der Waals surface area contributed by atoms with E-state index in [1.54, 1.807) is 14.2 Å². The molecule has 5 aliphatic rings. The van der Waals surface area contributed by atoms with E-state index in [0.717, 1.165) is 58.0 Å². The van der Waals surface area contributed by atoms with Gasteiger partial charge < -0.3 is 44.8 Å². The summed E-state index contributed by atoms with van der Waals surface area (Å²) < 4.78 is 33.0. The van der Waals surface area contributed by atoms with Gasteiger partial charge in [0.1, 0.15) is 12.2 Å². The molecule has 4 N–H and O–H groups in total. The standard InChI is InChI=1S/C20H26N2O5.C19H28N2O4.5HI.2V/c1-25-16-6-5-13(15-10-21-19(23)22(11-15)20(24)26-2)9-18(16)27-17-8-12-3-4-14(17)7-12;1-23-16-6-5-13(15(10-20)11-21-19(22)24-2)9-18(16)25-17-8-12-3-4-14(17)7-12;;;;;;;/h5-6,9,12,14-15,17H,3-4,7-8,10-11H2,1-2H3,(H,21,23);5-6,9,12,14-15,17H,3-4,7-8,10-11,20H2,1-2H3,(H,21,22);5*1H;;/q;;;;;;;+2;+3/p-5. The zero-order valence-corrected chi connectivity index (χ0v) is 47.1. The molecular formula is C39H54I5N4O9V2. The summed E-state index contributed by atoms with van der Waals surface area (Å²) in [6.45, 7) is 1.58. The number of nitrogens with zero attached hydrogens (tertiary/aromatic N) is 1. The number of amides is 4. The quantitative estimate of drug-likeness (QED) is 0.185. The number of nitrogens with two attached hydrogens (primary N) is 1. The minimum absolute atomic E-state index is 0.00705. The van der Waals surface area contributed by atoms with Crippen LogP contribution in [-0.4, -0.2) is 89.9 Å². The van der Waals surface area contributed by atoms with Crippen LogP contribution in [0.1, 0.15) is 74.3 Å². The Morgan fingerprint density at radius 2 is 1.39 bits per heavy atom. The Labute approximate surface area is 415 Å². The van der Waals surface area contributed by atoms with Crippen molar-refractivity contribution in [3.8, 4) is 23.0 Å². The van der Waals surface area contributed by atoms with Crippen LogP contribution in [0.25, 0.3) is 0 Å². The third kappa shape index (κ3) is 15.8. The van der Waals surface area contributed by atoms with Gasteiger partial charge in [-0.1, -0.05) is 12.1 Å². The second-order valence-electron chi connectivity index (χ2n) is 15.0. The summed E-state index contributed by atoms with van der Waals surface area (Å²) in [5, 5.41) is 5.46. The van der Waals surface area contributed by atoms with Gasteiger partial charge in [-0.05, 0) is 110 Å². The molecule has 4 saturated carbocycles. The van der Waals surface area contributed by atoms with Crippen molar-refractivity contribution in [2.75, 3.05) is 54.6 Å². The predicted octanol–water partition coefficient (Wildman–Crippen LogP) is 10.2. The summed E-state index contributed by atoms with van der Waals surface area (Å²) in [5.74, 6) is 5.87. The van der Waals surface area contributed by atoms with E-state index in [2.05, 4.69) is 115 Å². The van der Waals surface area contributed by atoms with E-state index in [4.69, 9.17) is 29.4 Å². The van der Waals surface area contributed by atoms with Crippen LogP contribution < -0.4 is 35.3 Å². The van der Waals surface area contributed by atoms with Crippen LogP contribution in [-0.2, 0) is 23.9 Å². The predicted molar refractivity (Wildman–Crippen MR) is 263 cm³/mol. The number of benzene rings is 2. The van der Waals surface area contributed by atoms with Crippen LogP contribution in [0.5, 0.6) is 23.0 Å². The van der Waals surface area contributed by atoms with Crippen LogP contribution in [0.2, 0.25) is 0 Å². The summed E-state index contributed by atoms with van der Waals surface area (Å²) in [5.41, 5.74) is 7.93. The number of hydrogen-bond acceptors (Lipinski definition) is 10. The number of carbonyl (C=O) groups excluding carboxylic acids is 3. The Hall–Kier alpha value is 0.429. The van der Waals surface area contributed by atoms with Crippen molar-refractivity contribution in [1.82, 2.24) is 15.5 Å². The van der Waals surface area contributed by atoms with E-state index in [-0.39, 0.29) is 35.5 Å². The summed E-state index contributed by atoms with van der Waals surface area (Å²) in [4.78, 5) is 35.9. The maximum atomic E-state index is 11.9. The topological polar surface area (TPSA) is 160 Å². The molecule has 0 aromatic heterocycles. The van der Waals surface area contributed by atoms with Crippen molar-refractivity contribution >= 4 is 118 Å². The first-order valence-electron chi connectivity index (χ1n) is 19.4. The van der Waals surface area contributed by atoms with E-state index in [0.29, 0.717) is 46.7 Å². The number of alkyl carbamates (subject to hydrolysis) is 1. The molecule has 329 valence electrons. The number of methoxy groups -OCH3 is 4. The van der Waals surface area contributed by atoms with Gasteiger partial charge >= 0.3 is 132 Å². The van der Waals surface area contributed by atoms with Crippen LogP contribution in [0, 0.1) is 23.7 Å². The number of halogens is 5. The van der Waals surface area contributed by atoms with Crippen LogP contribution >= 0.6 is 99.9 Å². The van der Waals surface area contributed by atoms with Gasteiger partial charge in [0.15, 0.2) is 23.0 Å². The molecule has 0 radical (unpaired) electrons. The molecule has 8 unspecified atom stereocenters. The molecule has 4 amide bonds. The first-order valence-corrected chi connectivity index (χ1v) is 41.9. The summed E-state index contributed by atoms with van der Waals surface area (Å²) in [6.07, 6.45) is 9.45. The monoisotopic (exact) mass is 1460 g/mol. The van der Waals surface area contributed by atoms with E-state index < -0.39 is 18.2 Å². The van der Waals surface area contributed by atoms with Gasteiger partial charge in [0.25, 0.3) is 0 Å². The van der Waals surface area contributed by atoms with Gasteiger partial charge in [0.2, 0.25) is 0 Å². The van der Waals surface area contributed by atoms with Crippen molar-refractivity contribution < 1.29 is 57.2 Å². The minimum atomic E-state index is -0.649. The van der Waals surface area contributed by atoms with Crippen LogP contribution in [0.3, 0.4) is 0 Å². The Balaban J connectivity index is 0.000000226. The molecule has 1 saturated heterocycles. The number of hydrogen-bond donors (Lipinski definition) is 3. The van der Waals surface area contributed by atoms with Gasteiger partial charge in [0.05, 0.1) is 28.4 Å². The Morgan fingerprint density at radius 1 is 0.847 bits per heavy atom. The molecule has 7 rings (SSSR count). The summed E-state index contributed by atoms with van der Waals surface area (Å²) in [7, 11) is 6.54. The average molecular weight is 1460 g/mol. The van der Waals surface area contributed by atoms with Crippen LogP contribution in [0.15, 0.2) is 36.4 Å². The average Bonchev–Trinajstić information content (AvgIpc) is 4.06. The molecule has 4 aliphatic carbocycles. The molecule has 13 nitrogen and oxygen atoms in total. The number of nitrogens with one attached hydrogen (secondary N) is 2. The molecule has 5 fully saturated rings. The Bertz CT molecular complexity index is 1660. The third-order valence-corrected chi connectivity index (χ3v) is 11.7. The Kier molecular flexibility index (Phi) is 23.9. The van der Waals surface area contributed by atoms with Gasteiger partial charge in [0, 0.05) is 38.0 Å². The Morgan fingerprint density at radius 3 is 1.85 bits per heavy atom. The number of urea groups is 1. The SMILES string of the molecule is COC(=O)N1CC(c2ccc(OC)c(OC3CC4CCC3C4)c2)CNC1=O.COC(=O)NCC(CN)c1ccc(OC)c(OC2CC3CCC2C3)c1.[I][V]([I])[I].[I][V][I]. The second-order valence-corrected chi connectivity index (χ2v) is 62.2. The molecular weight excluding hydrogens is 1400 g/mol. The van der Waals surface area contributed by atoms with Crippen molar-refractivity contribution in [3.05, 3.63) is 47.5 Å². The van der Waals surface area contributed by atoms with Crippen molar-refractivity contribution in [2.45, 2.75) is 75.4 Å². The van der Waals surface area contributed by atoms with E-state index in [1.165, 1.54) is 52.7 Å². The number of carbonyl (C=O) groups is 3. The van der Waals surface area contributed by atoms with E-state index >= 15 is 0 Å². The third-order valence-electron chi connectivity index (χ3n) is 11.7. The van der Waals surface area contributed by atoms with Gasteiger partial charge in [-0.2, -0.15) is 0 Å². The van der Waals surface area contributed by atoms with Crippen molar-refractivity contribution in [2.24, 2.45) is 29.4 Å². The fraction of sp³-hybridized carbons (Fsp3) is 0.615. The van der Waals surface area contributed by atoms with Gasteiger partial charge in [-0.15, -0.1) is 0 Å². The summed E-state index contributed by atoms with van der Waals surface area (Å²) in [6, 6.07) is 11.3. The number of ether oxygens (including phenoxy) is 6. The van der Waals surface area contributed by atoms with E-state index in [9.17, 15) is 14.4 Å². The molecule has 8 atom stereocenters. The molecule has 1 heterocycles. The fourth-order valence-corrected chi connectivity index (χ4v) is 8.85. The normalized spacial score (nSPS) is 25.1. The molecule has 1 aliphatic heterocycles. The zero-order chi connectivity index (χ0) is 43.1. The molecule has 0 spiro atoms. The molecule has 20 heteroatoms. The van der Waals surface area contributed by atoms with Gasteiger partial charge in [-0.25, -0.2) is 19.3 Å². The number of imide groups is 1. The summed E-state index contributed by atoms with van der Waals surface area (Å²) >= 11 is 12.1. The van der Waals surface area contributed by atoms with Crippen LogP contribution in [0.4, 0.5) is 14.4 Å². The van der Waals surface area contributed by atoms with E-state index in [1.807, 2.05) is 36.4 Å². The van der Waals surface area contributed by atoms with Gasteiger partial charge in [-0.3, -0.25) is 0 Å². The molecule has 2 aromatic carbocycles. The van der Waals surface area contributed by atoms with Crippen molar-refractivity contribution in [1.29, 1.82) is 0 Å². The number of fused-ring (bicyclic) bond motifs is 4. The number of rotatable bonds is 11. The molecule has 2 aromatic rings. The molecule has 59 heavy (non-hydrogen) atoms. The first-order chi connectivity index (χ1) is 28.4. The fourth-order valence-electron chi connectivity index (χ4n) is 8.85. The second kappa shape index (κ2) is 27.0. The maximum absolute atomic E-state index is 11.9. The zero-order valence-electron chi connectivity index (χ0n) is 33.6. The first kappa shape index (κ1) is 52.1. The molecule has 4 bridgehead atoms. The van der Waals surface area contributed by atoms with Crippen molar-refractivity contribution in [3.63, 3.8) is 0 Å².